The van der Waals surface area contributed by atoms with Crippen LogP contribution < -0.4 is 10.6 Å². The zero-order valence-corrected chi connectivity index (χ0v) is 22.2. The molecule has 0 saturated carbocycles. The third-order valence-corrected chi connectivity index (χ3v) is 6.61. The van der Waals surface area contributed by atoms with Crippen LogP contribution in [-0.4, -0.2) is 39.1 Å². The second-order valence-electron chi connectivity index (χ2n) is 9.78. The highest BCUT2D eigenvalue weighted by Gasteiger charge is 2.26. The van der Waals surface area contributed by atoms with E-state index in [0.717, 1.165) is 17.5 Å². The van der Waals surface area contributed by atoms with Gasteiger partial charge in [-0.3, -0.25) is 14.6 Å². The van der Waals surface area contributed by atoms with Crippen molar-refractivity contribution in [2.75, 3.05) is 6.61 Å². The van der Waals surface area contributed by atoms with Gasteiger partial charge in [0.1, 0.15) is 11.6 Å². The first kappa shape index (κ1) is 27.9. The van der Waals surface area contributed by atoms with Crippen molar-refractivity contribution in [1.29, 1.82) is 0 Å². The van der Waals surface area contributed by atoms with Crippen molar-refractivity contribution in [3.8, 4) is 0 Å². The average molecular weight is 535 g/mol. The molecule has 9 heteroatoms. The summed E-state index contributed by atoms with van der Waals surface area (Å²) >= 11 is 0. The second kappa shape index (κ2) is 12.2. The minimum atomic E-state index is -0.716. The van der Waals surface area contributed by atoms with Crippen LogP contribution in [0.4, 0.5) is 8.78 Å². The van der Waals surface area contributed by atoms with Crippen molar-refractivity contribution >= 4 is 22.7 Å². The van der Waals surface area contributed by atoms with E-state index in [1.807, 2.05) is 43.5 Å². The Hall–Kier alpha value is -4.11. The summed E-state index contributed by atoms with van der Waals surface area (Å²) < 4.78 is 29.4. The number of halogens is 2. The van der Waals surface area contributed by atoms with Crippen LogP contribution in [0.25, 0.3) is 10.9 Å². The van der Waals surface area contributed by atoms with Crippen LogP contribution in [0.2, 0.25) is 0 Å². The molecule has 0 aliphatic carbocycles. The molecule has 4 rings (SSSR count). The quantitative estimate of drug-likeness (QED) is 0.269. The standard InChI is InChI=1S/C30H32F2N4O3/c1-4-23(17-37)35-29(38)20-8-9-25-26(13-20)36(16-24-7-5-6-10-33-24)28(18(2)3)27(25)30(39)34-15-19-11-21(31)14-22(32)12-19/h5-14,18,23,37H,4,15-17H2,1-3H3,(H,34,39)(H,35,38). The minimum Gasteiger partial charge on any atom is -0.394 e. The molecule has 39 heavy (non-hydrogen) atoms. The number of benzene rings is 2. The maximum Gasteiger partial charge on any atom is 0.254 e. The molecule has 0 aliphatic rings. The van der Waals surface area contributed by atoms with Crippen molar-refractivity contribution in [2.45, 2.75) is 52.2 Å². The maximum absolute atomic E-state index is 13.7. The number of amides is 2. The molecule has 7 nitrogen and oxygen atoms in total. The average Bonchev–Trinajstić information content (AvgIpc) is 3.24. The van der Waals surface area contributed by atoms with Crippen LogP contribution >= 0.6 is 0 Å². The Morgan fingerprint density at radius 1 is 1.03 bits per heavy atom. The van der Waals surface area contributed by atoms with E-state index < -0.39 is 17.5 Å². The Labute approximate surface area is 225 Å². The van der Waals surface area contributed by atoms with Gasteiger partial charge in [-0.25, -0.2) is 8.78 Å². The van der Waals surface area contributed by atoms with Crippen LogP contribution in [0.3, 0.4) is 0 Å². The molecular weight excluding hydrogens is 502 g/mol. The molecule has 0 radical (unpaired) electrons. The number of aromatic nitrogens is 2. The van der Waals surface area contributed by atoms with Crippen LogP contribution in [-0.2, 0) is 13.1 Å². The smallest absolute Gasteiger partial charge is 0.254 e. The molecule has 0 spiro atoms. The van der Waals surface area contributed by atoms with Crippen molar-refractivity contribution in [3.05, 3.63) is 101 Å². The Bertz CT molecular complexity index is 1460. The predicted octanol–water partition coefficient (Wildman–Crippen LogP) is 4.92. The highest BCUT2D eigenvalue weighted by atomic mass is 19.1. The summed E-state index contributed by atoms with van der Waals surface area (Å²) in [4.78, 5) is 31.0. The summed E-state index contributed by atoms with van der Waals surface area (Å²) in [6.45, 7) is 5.97. The van der Waals surface area contributed by atoms with Crippen molar-refractivity contribution in [2.24, 2.45) is 0 Å². The summed E-state index contributed by atoms with van der Waals surface area (Å²) in [6, 6.07) is 13.5. The van der Waals surface area contributed by atoms with Crippen molar-refractivity contribution in [1.82, 2.24) is 20.2 Å². The number of carbonyl (C=O) groups is 2. The maximum atomic E-state index is 13.7. The molecule has 3 N–H and O–H groups in total. The summed E-state index contributed by atoms with van der Waals surface area (Å²) in [5, 5.41) is 15.8. The Morgan fingerprint density at radius 2 is 1.77 bits per heavy atom. The number of aliphatic hydroxyl groups is 1. The Balaban J connectivity index is 1.80. The number of fused-ring (bicyclic) bond motifs is 1. The molecule has 1 unspecified atom stereocenters. The van der Waals surface area contributed by atoms with E-state index in [-0.39, 0.29) is 31.0 Å². The first-order valence-corrected chi connectivity index (χ1v) is 12.9. The van der Waals surface area contributed by atoms with Crippen molar-refractivity contribution in [3.63, 3.8) is 0 Å². The van der Waals surface area contributed by atoms with Gasteiger partial charge in [0.25, 0.3) is 11.8 Å². The van der Waals surface area contributed by atoms with Gasteiger partial charge in [-0.15, -0.1) is 0 Å². The van der Waals surface area contributed by atoms with E-state index in [0.29, 0.717) is 40.6 Å². The number of nitrogens with one attached hydrogen (secondary N) is 2. The summed E-state index contributed by atoms with van der Waals surface area (Å²) in [5.41, 5.74) is 3.33. The summed E-state index contributed by atoms with van der Waals surface area (Å²) in [7, 11) is 0. The van der Waals surface area contributed by atoms with Gasteiger partial charge >= 0.3 is 0 Å². The Kier molecular flexibility index (Phi) is 8.71. The molecule has 2 aromatic heterocycles. The lowest BCUT2D eigenvalue weighted by Gasteiger charge is -2.16. The molecule has 204 valence electrons. The highest BCUT2D eigenvalue weighted by Crippen LogP contribution is 2.33. The van der Waals surface area contributed by atoms with Gasteiger partial charge < -0.3 is 20.3 Å². The summed E-state index contributed by atoms with van der Waals surface area (Å²) in [6.07, 6.45) is 2.28. The SMILES string of the molecule is CCC(CO)NC(=O)c1ccc2c(C(=O)NCc3cc(F)cc(F)c3)c(C(C)C)n(Cc3ccccn3)c2c1. The summed E-state index contributed by atoms with van der Waals surface area (Å²) in [5.74, 6) is -2.23. The number of rotatable bonds is 10. The molecule has 2 heterocycles. The molecular formula is C30H32F2N4O3. The minimum absolute atomic E-state index is 0.0575. The first-order chi connectivity index (χ1) is 18.7. The molecule has 0 aliphatic heterocycles. The molecule has 2 amide bonds. The number of pyridine rings is 1. The van der Waals surface area contributed by atoms with Gasteiger partial charge in [-0.2, -0.15) is 0 Å². The van der Waals surface area contributed by atoms with E-state index in [4.69, 9.17) is 0 Å². The van der Waals surface area contributed by atoms with Crippen molar-refractivity contribution < 1.29 is 23.5 Å². The van der Waals surface area contributed by atoms with Crippen LogP contribution in [0.15, 0.2) is 60.8 Å². The fraction of sp³-hybridized carbons (Fsp3) is 0.300. The van der Waals surface area contributed by atoms with Gasteiger partial charge in [0.2, 0.25) is 0 Å². The molecule has 1 atom stereocenters. The fourth-order valence-corrected chi connectivity index (χ4v) is 4.70. The molecule has 4 aromatic rings. The number of hydrogen-bond donors (Lipinski definition) is 3. The molecule has 0 bridgehead atoms. The normalized spacial score (nSPS) is 12.1. The largest absolute Gasteiger partial charge is 0.394 e. The number of aliphatic hydroxyl groups excluding tert-OH is 1. The number of carbonyl (C=O) groups excluding carboxylic acids is 2. The van der Waals surface area contributed by atoms with E-state index in [2.05, 4.69) is 15.6 Å². The molecule has 0 saturated heterocycles. The zero-order valence-electron chi connectivity index (χ0n) is 22.2. The van der Waals surface area contributed by atoms with E-state index >= 15 is 0 Å². The number of nitrogens with zero attached hydrogens (tertiary/aromatic N) is 2. The second-order valence-corrected chi connectivity index (χ2v) is 9.78. The fourth-order valence-electron chi connectivity index (χ4n) is 4.70. The predicted molar refractivity (Wildman–Crippen MR) is 146 cm³/mol. The first-order valence-electron chi connectivity index (χ1n) is 12.9. The van der Waals surface area contributed by atoms with Crippen LogP contribution in [0.5, 0.6) is 0 Å². The van der Waals surface area contributed by atoms with Crippen LogP contribution in [0, 0.1) is 11.6 Å². The number of hydrogen-bond acceptors (Lipinski definition) is 4. The molecule has 2 aromatic carbocycles. The topological polar surface area (TPSA) is 96.3 Å². The lowest BCUT2D eigenvalue weighted by atomic mass is 10.0. The van der Waals surface area contributed by atoms with Gasteiger partial charge in [0.05, 0.1) is 36.0 Å². The van der Waals surface area contributed by atoms with Gasteiger partial charge in [0.15, 0.2) is 0 Å². The van der Waals surface area contributed by atoms with Gasteiger partial charge in [-0.1, -0.05) is 32.9 Å². The van der Waals surface area contributed by atoms with E-state index in [9.17, 15) is 23.5 Å². The zero-order chi connectivity index (χ0) is 28.1. The highest BCUT2D eigenvalue weighted by molar-refractivity contribution is 6.10. The van der Waals surface area contributed by atoms with E-state index in [1.54, 1.807) is 24.4 Å². The lowest BCUT2D eigenvalue weighted by molar-refractivity contribution is 0.0913. The lowest BCUT2D eigenvalue weighted by Crippen LogP contribution is -2.36. The van der Waals surface area contributed by atoms with Crippen LogP contribution in [0.1, 0.15) is 70.8 Å². The molecule has 0 fully saturated rings. The van der Waals surface area contributed by atoms with Gasteiger partial charge in [0, 0.05) is 35.5 Å². The van der Waals surface area contributed by atoms with E-state index in [1.165, 1.54) is 12.1 Å². The third-order valence-electron chi connectivity index (χ3n) is 6.61. The van der Waals surface area contributed by atoms with Gasteiger partial charge in [-0.05, 0) is 54.3 Å². The third kappa shape index (κ3) is 6.31. The monoisotopic (exact) mass is 534 g/mol. The Morgan fingerprint density at radius 3 is 2.38 bits per heavy atom.